The van der Waals surface area contributed by atoms with E-state index in [1.807, 2.05) is 0 Å². The lowest BCUT2D eigenvalue weighted by molar-refractivity contribution is 0.168. The van der Waals surface area contributed by atoms with Crippen molar-refractivity contribution in [2.75, 3.05) is 20.3 Å². The highest BCUT2D eigenvalue weighted by Crippen LogP contribution is 2.35. The first kappa shape index (κ1) is 12.4. The Morgan fingerprint density at radius 3 is 2.62 bits per heavy atom. The van der Waals surface area contributed by atoms with Crippen LogP contribution >= 0.6 is 7.82 Å². The average Bonchev–Trinajstić information content (AvgIpc) is 2.01. The predicted octanol–water partition coefficient (Wildman–Crippen LogP) is -0.158. The van der Waals surface area contributed by atoms with Gasteiger partial charge in [-0.2, -0.15) is 0 Å². The van der Waals surface area contributed by atoms with Crippen molar-refractivity contribution in [1.82, 2.24) is 5.32 Å². The molecule has 0 saturated carbocycles. The maximum Gasteiger partial charge on any atom is 0.469 e. The standard InChI is InChI=1S/C5H12NO6P/c1-11-5(7)6-3-2-4-12-13(8,9)10/h2-4H2,1H3,(H,6,7)(H2,8,9,10). The topological polar surface area (TPSA) is 105 Å². The van der Waals surface area contributed by atoms with Gasteiger partial charge < -0.3 is 19.8 Å². The fourth-order valence-electron chi connectivity index (χ4n) is 0.518. The van der Waals surface area contributed by atoms with Crippen molar-refractivity contribution >= 4 is 13.9 Å². The molecule has 8 heteroatoms. The fourth-order valence-corrected chi connectivity index (χ4v) is 0.885. The van der Waals surface area contributed by atoms with E-state index < -0.39 is 13.9 Å². The van der Waals surface area contributed by atoms with Crippen LogP contribution in [-0.4, -0.2) is 36.1 Å². The number of carbonyl (C=O) groups is 1. The van der Waals surface area contributed by atoms with Crippen LogP contribution in [0.4, 0.5) is 4.79 Å². The van der Waals surface area contributed by atoms with E-state index in [0.717, 1.165) is 0 Å². The second kappa shape index (κ2) is 5.93. The van der Waals surface area contributed by atoms with Crippen LogP contribution in [0.5, 0.6) is 0 Å². The number of nitrogens with one attached hydrogen (secondary N) is 1. The molecular weight excluding hydrogens is 201 g/mol. The van der Waals surface area contributed by atoms with E-state index in [0.29, 0.717) is 6.42 Å². The third-order valence-electron chi connectivity index (χ3n) is 1.04. The van der Waals surface area contributed by atoms with Gasteiger partial charge in [0.05, 0.1) is 13.7 Å². The van der Waals surface area contributed by atoms with Crippen LogP contribution in [-0.2, 0) is 13.8 Å². The first-order valence-electron chi connectivity index (χ1n) is 3.47. The van der Waals surface area contributed by atoms with Gasteiger partial charge in [-0.15, -0.1) is 0 Å². The van der Waals surface area contributed by atoms with E-state index in [9.17, 15) is 9.36 Å². The third kappa shape index (κ3) is 9.29. The number of hydrogen-bond acceptors (Lipinski definition) is 4. The van der Waals surface area contributed by atoms with Gasteiger partial charge in [0.2, 0.25) is 0 Å². The number of carbonyl (C=O) groups excluding carboxylic acids is 1. The number of phosphoric acid groups is 1. The van der Waals surface area contributed by atoms with Gasteiger partial charge in [-0.25, -0.2) is 9.36 Å². The maximum absolute atomic E-state index is 10.4. The van der Waals surface area contributed by atoms with Crippen LogP contribution in [0.25, 0.3) is 0 Å². The summed E-state index contributed by atoms with van der Waals surface area (Å²) in [5.41, 5.74) is 0. The Labute approximate surface area is 75.3 Å². The summed E-state index contributed by atoms with van der Waals surface area (Å²) < 4.78 is 18.5. The van der Waals surface area contributed by atoms with Gasteiger partial charge in [0, 0.05) is 6.54 Å². The zero-order chi connectivity index (χ0) is 10.3. The molecule has 0 bridgehead atoms. The quantitative estimate of drug-likeness (QED) is 0.433. The third-order valence-corrected chi connectivity index (χ3v) is 1.55. The Morgan fingerprint density at radius 1 is 1.54 bits per heavy atom. The Kier molecular flexibility index (Phi) is 5.65. The molecule has 0 aliphatic heterocycles. The van der Waals surface area contributed by atoms with Gasteiger partial charge in [0.25, 0.3) is 0 Å². The lowest BCUT2D eigenvalue weighted by Crippen LogP contribution is -2.24. The first-order valence-corrected chi connectivity index (χ1v) is 5.00. The molecule has 0 saturated heterocycles. The molecule has 0 aliphatic rings. The number of hydrogen-bond donors (Lipinski definition) is 3. The molecule has 0 aliphatic carbocycles. The number of amides is 1. The zero-order valence-corrected chi connectivity index (χ0v) is 7.99. The van der Waals surface area contributed by atoms with E-state index in [2.05, 4.69) is 14.6 Å². The normalized spacial score (nSPS) is 11.0. The number of alkyl carbamates (subject to hydrolysis) is 1. The smallest absolute Gasteiger partial charge is 0.453 e. The molecule has 0 aromatic carbocycles. The van der Waals surface area contributed by atoms with E-state index in [-0.39, 0.29) is 13.2 Å². The van der Waals surface area contributed by atoms with Crippen molar-refractivity contribution in [2.45, 2.75) is 6.42 Å². The fraction of sp³-hybridized carbons (Fsp3) is 0.800. The highest BCUT2D eigenvalue weighted by molar-refractivity contribution is 7.46. The summed E-state index contributed by atoms with van der Waals surface area (Å²) in [5, 5.41) is 2.32. The van der Waals surface area contributed by atoms with Crippen molar-refractivity contribution in [3.8, 4) is 0 Å². The van der Waals surface area contributed by atoms with E-state index in [1.165, 1.54) is 7.11 Å². The minimum atomic E-state index is -4.38. The Hall–Kier alpha value is -0.620. The second-order valence-electron chi connectivity index (χ2n) is 2.10. The van der Waals surface area contributed by atoms with Gasteiger partial charge >= 0.3 is 13.9 Å². The first-order chi connectivity index (χ1) is 5.95. The lowest BCUT2D eigenvalue weighted by Gasteiger charge is -2.05. The largest absolute Gasteiger partial charge is 0.469 e. The molecule has 3 N–H and O–H groups in total. The summed E-state index contributed by atoms with van der Waals surface area (Å²) in [6, 6.07) is 0. The summed E-state index contributed by atoms with van der Waals surface area (Å²) in [6.07, 6.45) is -0.281. The van der Waals surface area contributed by atoms with Crippen molar-refractivity contribution in [3.63, 3.8) is 0 Å². The van der Waals surface area contributed by atoms with Gasteiger partial charge in [-0.1, -0.05) is 0 Å². The molecule has 7 nitrogen and oxygen atoms in total. The molecule has 0 fully saturated rings. The van der Waals surface area contributed by atoms with Crippen LogP contribution in [0.2, 0.25) is 0 Å². The summed E-state index contributed by atoms with van der Waals surface area (Å²) in [5.74, 6) is 0. The Balaban J connectivity index is 3.27. The van der Waals surface area contributed by atoms with Crippen molar-refractivity contribution < 1.29 is 28.4 Å². The molecule has 0 radical (unpaired) electrons. The Bertz CT molecular complexity index is 201. The van der Waals surface area contributed by atoms with Crippen molar-refractivity contribution in [3.05, 3.63) is 0 Å². The van der Waals surface area contributed by atoms with Gasteiger partial charge in [0.15, 0.2) is 0 Å². The molecule has 0 aromatic rings. The zero-order valence-electron chi connectivity index (χ0n) is 7.10. The lowest BCUT2D eigenvalue weighted by atomic mass is 10.5. The van der Waals surface area contributed by atoms with Crippen LogP contribution in [0.15, 0.2) is 0 Å². The van der Waals surface area contributed by atoms with Gasteiger partial charge in [-0.05, 0) is 6.42 Å². The van der Waals surface area contributed by atoms with Crippen LogP contribution in [0.3, 0.4) is 0 Å². The van der Waals surface area contributed by atoms with Crippen molar-refractivity contribution in [2.24, 2.45) is 0 Å². The molecule has 0 spiro atoms. The SMILES string of the molecule is COC(=O)NCCCOP(=O)(O)O. The number of ether oxygens (including phenoxy) is 1. The van der Waals surface area contributed by atoms with Crippen LogP contribution in [0.1, 0.15) is 6.42 Å². The van der Waals surface area contributed by atoms with E-state index in [4.69, 9.17) is 9.79 Å². The molecular formula is C5H12NO6P. The van der Waals surface area contributed by atoms with Crippen molar-refractivity contribution in [1.29, 1.82) is 0 Å². The van der Waals surface area contributed by atoms with Crippen LogP contribution in [0, 0.1) is 0 Å². The average molecular weight is 213 g/mol. The molecule has 1 amide bonds. The summed E-state index contributed by atoms with van der Waals surface area (Å²) in [4.78, 5) is 26.9. The number of methoxy groups -OCH3 is 1. The van der Waals surface area contributed by atoms with Gasteiger partial charge in [-0.3, -0.25) is 4.52 Å². The number of rotatable bonds is 5. The van der Waals surface area contributed by atoms with E-state index in [1.54, 1.807) is 0 Å². The summed E-state index contributed by atoms with van der Waals surface area (Å²) in [6.45, 7) is 0.126. The molecule has 0 rings (SSSR count). The minimum absolute atomic E-state index is 0.117. The number of phosphoric ester groups is 1. The highest BCUT2D eigenvalue weighted by atomic mass is 31.2. The minimum Gasteiger partial charge on any atom is -0.453 e. The molecule has 78 valence electrons. The highest BCUT2D eigenvalue weighted by Gasteiger charge is 2.12. The second-order valence-corrected chi connectivity index (χ2v) is 3.34. The summed E-state index contributed by atoms with van der Waals surface area (Å²) >= 11 is 0. The molecule has 13 heavy (non-hydrogen) atoms. The summed E-state index contributed by atoms with van der Waals surface area (Å²) in [7, 11) is -3.16. The van der Waals surface area contributed by atoms with Crippen LogP contribution < -0.4 is 5.32 Å². The molecule has 0 atom stereocenters. The molecule has 0 heterocycles. The van der Waals surface area contributed by atoms with Gasteiger partial charge in [0.1, 0.15) is 0 Å². The maximum atomic E-state index is 10.4. The molecule has 0 aromatic heterocycles. The predicted molar refractivity (Wildman–Crippen MR) is 43.0 cm³/mol. The monoisotopic (exact) mass is 213 g/mol. The van der Waals surface area contributed by atoms with E-state index >= 15 is 0 Å². The Morgan fingerprint density at radius 2 is 2.15 bits per heavy atom. The molecule has 0 unspecified atom stereocenters.